The zero-order valence-corrected chi connectivity index (χ0v) is 16.9. The van der Waals surface area contributed by atoms with E-state index in [0.29, 0.717) is 17.9 Å². The minimum atomic E-state index is -4.52. The molecule has 0 fully saturated rings. The highest BCUT2D eigenvalue weighted by molar-refractivity contribution is 5.92. The summed E-state index contributed by atoms with van der Waals surface area (Å²) in [5.41, 5.74) is -0.492. The van der Waals surface area contributed by atoms with Gasteiger partial charge in [-0.05, 0) is 49.2 Å². The monoisotopic (exact) mass is 431 g/mol. The molecule has 6 nitrogen and oxygen atoms in total. The third-order valence-electron chi connectivity index (χ3n) is 4.60. The van der Waals surface area contributed by atoms with Crippen molar-refractivity contribution in [1.82, 2.24) is 15.1 Å². The predicted molar refractivity (Wildman–Crippen MR) is 109 cm³/mol. The Bertz CT molecular complexity index is 1140. The summed E-state index contributed by atoms with van der Waals surface area (Å²) in [7, 11) is 1.57. The van der Waals surface area contributed by atoms with Gasteiger partial charge in [-0.2, -0.15) is 18.3 Å². The summed E-state index contributed by atoms with van der Waals surface area (Å²) in [5.74, 6) is 0.0195. The molecule has 0 aliphatic carbocycles. The highest BCUT2D eigenvalue weighted by Gasteiger charge is 2.30. The number of hydrogen-bond acceptors (Lipinski definition) is 4. The van der Waals surface area contributed by atoms with Gasteiger partial charge >= 0.3 is 6.18 Å². The highest BCUT2D eigenvalue weighted by atomic mass is 19.4. The fourth-order valence-corrected chi connectivity index (χ4v) is 2.98. The third kappa shape index (κ3) is 5.30. The summed E-state index contributed by atoms with van der Waals surface area (Å²) < 4.78 is 45.3. The van der Waals surface area contributed by atoms with Gasteiger partial charge in [-0.1, -0.05) is 18.2 Å². The van der Waals surface area contributed by atoms with E-state index in [0.717, 1.165) is 22.4 Å². The third-order valence-corrected chi connectivity index (χ3v) is 4.60. The average molecular weight is 431 g/mol. The van der Waals surface area contributed by atoms with Gasteiger partial charge in [-0.25, -0.2) is 4.68 Å². The van der Waals surface area contributed by atoms with Crippen molar-refractivity contribution in [3.8, 4) is 11.4 Å². The van der Waals surface area contributed by atoms with Gasteiger partial charge < -0.3 is 10.1 Å². The SMILES string of the molecule is COc1ccc(CCNC(=O)c2nn(-c3cccc(C(F)(F)F)c3)c(C)cc2=O)cc1. The van der Waals surface area contributed by atoms with E-state index in [2.05, 4.69) is 10.4 Å². The molecule has 1 heterocycles. The first kappa shape index (κ1) is 22.1. The topological polar surface area (TPSA) is 73.2 Å². The molecule has 0 radical (unpaired) electrons. The molecule has 0 bridgehead atoms. The number of alkyl halides is 3. The molecule has 162 valence electrons. The van der Waals surface area contributed by atoms with E-state index in [4.69, 9.17) is 4.74 Å². The van der Waals surface area contributed by atoms with E-state index in [1.54, 1.807) is 19.2 Å². The van der Waals surface area contributed by atoms with Crippen LogP contribution in [0.3, 0.4) is 0 Å². The van der Waals surface area contributed by atoms with Crippen LogP contribution in [0, 0.1) is 6.92 Å². The van der Waals surface area contributed by atoms with Crippen molar-refractivity contribution in [3.63, 3.8) is 0 Å². The van der Waals surface area contributed by atoms with Crippen molar-refractivity contribution in [2.24, 2.45) is 0 Å². The van der Waals surface area contributed by atoms with Gasteiger partial charge in [0.1, 0.15) is 5.75 Å². The number of aromatic nitrogens is 2. The molecule has 9 heteroatoms. The summed E-state index contributed by atoms with van der Waals surface area (Å²) >= 11 is 0. The van der Waals surface area contributed by atoms with Crippen molar-refractivity contribution in [3.05, 3.63) is 87.3 Å². The van der Waals surface area contributed by atoms with Crippen molar-refractivity contribution >= 4 is 5.91 Å². The largest absolute Gasteiger partial charge is 0.497 e. The quantitative estimate of drug-likeness (QED) is 0.648. The van der Waals surface area contributed by atoms with Crippen molar-refractivity contribution < 1.29 is 22.7 Å². The van der Waals surface area contributed by atoms with Gasteiger partial charge in [0.15, 0.2) is 5.69 Å². The summed E-state index contributed by atoms with van der Waals surface area (Å²) in [4.78, 5) is 24.8. The number of hydrogen-bond donors (Lipinski definition) is 1. The number of aryl methyl sites for hydroxylation is 1. The first-order valence-corrected chi connectivity index (χ1v) is 9.39. The zero-order valence-electron chi connectivity index (χ0n) is 16.9. The van der Waals surface area contributed by atoms with Crippen LogP contribution in [0.25, 0.3) is 5.69 Å². The number of nitrogens with one attached hydrogen (secondary N) is 1. The smallest absolute Gasteiger partial charge is 0.416 e. The minimum Gasteiger partial charge on any atom is -0.497 e. The van der Waals surface area contributed by atoms with Crippen LogP contribution in [-0.2, 0) is 12.6 Å². The average Bonchev–Trinajstić information content (AvgIpc) is 2.73. The second-order valence-electron chi connectivity index (χ2n) is 6.81. The Balaban J connectivity index is 1.78. The van der Waals surface area contributed by atoms with Crippen LogP contribution >= 0.6 is 0 Å². The maximum atomic E-state index is 13.0. The summed E-state index contributed by atoms with van der Waals surface area (Å²) in [6.07, 6.45) is -4.01. The Hall–Kier alpha value is -3.62. The molecule has 2 aromatic carbocycles. The standard InChI is InChI=1S/C22H20F3N3O3/c1-14-12-19(29)20(21(30)26-11-10-15-6-8-18(31-2)9-7-15)27-28(14)17-5-3-4-16(13-17)22(23,24)25/h3-9,12-13H,10-11H2,1-2H3,(H,26,30). The van der Waals surface area contributed by atoms with Crippen LogP contribution in [0.4, 0.5) is 13.2 Å². The van der Waals surface area contributed by atoms with Crippen molar-refractivity contribution in [2.75, 3.05) is 13.7 Å². The van der Waals surface area contributed by atoms with Gasteiger partial charge in [0.25, 0.3) is 5.91 Å². The van der Waals surface area contributed by atoms with Crippen LogP contribution in [0.15, 0.2) is 59.4 Å². The Morgan fingerprint density at radius 3 is 2.48 bits per heavy atom. The first-order valence-electron chi connectivity index (χ1n) is 9.39. The van der Waals surface area contributed by atoms with E-state index in [-0.39, 0.29) is 12.2 Å². The maximum absolute atomic E-state index is 13.0. The number of amides is 1. The number of methoxy groups -OCH3 is 1. The van der Waals surface area contributed by atoms with Crippen molar-refractivity contribution in [1.29, 1.82) is 0 Å². The second kappa shape index (κ2) is 9.03. The molecule has 0 aliphatic heterocycles. The molecular formula is C22H20F3N3O3. The van der Waals surface area contributed by atoms with Crippen LogP contribution in [0.5, 0.6) is 5.75 Å². The normalized spacial score (nSPS) is 11.3. The molecule has 3 rings (SSSR count). The van der Waals surface area contributed by atoms with Crippen LogP contribution in [0.2, 0.25) is 0 Å². The van der Waals surface area contributed by atoms with Gasteiger partial charge in [-0.3, -0.25) is 9.59 Å². The molecule has 1 N–H and O–H groups in total. The predicted octanol–water partition coefficient (Wildman–Crippen LogP) is 3.54. The van der Waals surface area contributed by atoms with E-state index in [9.17, 15) is 22.8 Å². The fourth-order valence-electron chi connectivity index (χ4n) is 2.98. The number of benzene rings is 2. The van der Waals surface area contributed by atoms with Gasteiger partial charge in [-0.15, -0.1) is 0 Å². The molecule has 0 saturated carbocycles. The molecule has 0 unspecified atom stereocenters. The lowest BCUT2D eigenvalue weighted by Crippen LogP contribution is -2.33. The molecule has 0 spiro atoms. The minimum absolute atomic E-state index is 0.0969. The Morgan fingerprint density at radius 1 is 1.13 bits per heavy atom. The number of nitrogens with zero attached hydrogens (tertiary/aromatic N) is 2. The van der Waals surface area contributed by atoms with E-state index < -0.39 is 28.8 Å². The number of rotatable bonds is 6. The Morgan fingerprint density at radius 2 is 1.84 bits per heavy atom. The van der Waals surface area contributed by atoms with Gasteiger partial charge in [0.2, 0.25) is 5.43 Å². The van der Waals surface area contributed by atoms with Crippen molar-refractivity contribution in [2.45, 2.75) is 19.5 Å². The van der Waals surface area contributed by atoms with E-state index in [1.807, 2.05) is 12.1 Å². The van der Waals surface area contributed by atoms with Gasteiger partial charge in [0, 0.05) is 18.3 Å². The summed E-state index contributed by atoms with van der Waals surface area (Å²) in [6, 6.07) is 13.0. The lowest BCUT2D eigenvalue weighted by atomic mass is 10.1. The van der Waals surface area contributed by atoms with Gasteiger partial charge in [0.05, 0.1) is 18.4 Å². The molecular weight excluding hydrogens is 411 g/mol. The first-order chi connectivity index (χ1) is 14.7. The second-order valence-corrected chi connectivity index (χ2v) is 6.81. The van der Waals surface area contributed by atoms with Crippen LogP contribution in [-0.4, -0.2) is 29.3 Å². The summed E-state index contributed by atoms with van der Waals surface area (Å²) in [5, 5.41) is 6.65. The molecule has 0 atom stereocenters. The molecule has 0 saturated heterocycles. The molecule has 31 heavy (non-hydrogen) atoms. The molecule has 1 aromatic heterocycles. The lowest BCUT2D eigenvalue weighted by Gasteiger charge is -2.13. The molecule has 3 aromatic rings. The van der Waals surface area contributed by atoms with E-state index >= 15 is 0 Å². The number of ether oxygens (including phenoxy) is 1. The van der Waals surface area contributed by atoms with E-state index in [1.165, 1.54) is 25.1 Å². The number of halogens is 3. The van der Waals surface area contributed by atoms with Crippen LogP contribution < -0.4 is 15.5 Å². The number of carbonyl (C=O) groups is 1. The fraction of sp³-hybridized carbons (Fsp3) is 0.227. The molecule has 1 amide bonds. The Labute approximate surface area is 176 Å². The number of carbonyl (C=O) groups excluding carboxylic acids is 1. The zero-order chi connectivity index (χ0) is 22.6. The summed E-state index contributed by atoms with van der Waals surface area (Å²) in [6.45, 7) is 1.78. The van der Waals surface area contributed by atoms with Crippen LogP contribution in [0.1, 0.15) is 27.3 Å². The Kier molecular flexibility index (Phi) is 6.43. The highest BCUT2D eigenvalue weighted by Crippen LogP contribution is 2.30. The maximum Gasteiger partial charge on any atom is 0.416 e. The molecule has 0 aliphatic rings. The lowest BCUT2D eigenvalue weighted by molar-refractivity contribution is -0.137.